The smallest absolute Gasteiger partial charge is 0.323 e. The molecule has 0 spiro atoms. The fourth-order valence-electron chi connectivity index (χ4n) is 1.20. The number of rotatable bonds is 2. The van der Waals surface area contributed by atoms with E-state index in [9.17, 15) is 4.79 Å². The van der Waals surface area contributed by atoms with Crippen molar-refractivity contribution >= 4 is 5.97 Å². The summed E-state index contributed by atoms with van der Waals surface area (Å²) in [7, 11) is 0. The second-order valence-corrected chi connectivity index (χ2v) is 4.77. The Bertz CT molecular complexity index is 204. The van der Waals surface area contributed by atoms with Crippen LogP contribution in [-0.2, 0) is 14.3 Å². The molecule has 0 aromatic rings. The summed E-state index contributed by atoms with van der Waals surface area (Å²) in [6.07, 6.45) is 0.679. The van der Waals surface area contributed by atoms with Gasteiger partial charge in [0.25, 0.3) is 0 Å². The Morgan fingerprint density at radius 1 is 1.57 bits per heavy atom. The number of hydrogen-bond donors (Lipinski definition) is 1. The van der Waals surface area contributed by atoms with Crippen LogP contribution >= 0.6 is 0 Å². The van der Waals surface area contributed by atoms with E-state index in [1.165, 1.54) is 0 Å². The predicted octanol–water partition coefficient (Wildman–Crippen LogP) is 0.692. The molecule has 0 aliphatic carbocycles. The Hall–Kier alpha value is -0.610. The first-order valence-corrected chi connectivity index (χ1v) is 4.95. The van der Waals surface area contributed by atoms with Gasteiger partial charge in [0.05, 0.1) is 13.2 Å². The third kappa shape index (κ3) is 2.96. The van der Waals surface area contributed by atoms with E-state index in [4.69, 9.17) is 15.2 Å². The summed E-state index contributed by atoms with van der Waals surface area (Å²) in [4.78, 5) is 11.5. The molecule has 2 atom stereocenters. The van der Waals surface area contributed by atoms with Gasteiger partial charge in [0, 0.05) is 6.42 Å². The molecule has 1 fully saturated rings. The first-order valence-electron chi connectivity index (χ1n) is 4.95. The van der Waals surface area contributed by atoms with Crippen LogP contribution in [0.4, 0.5) is 0 Å². The molecule has 82 valence electrons. The molecule has 0 radical (unpaired) electrons. The third-order valence-corrected chi connectivity index (χ3v) is 2.36. The molecule has 14 heavy (non-hydrogen) atoms. The normalized spacial score (nSPS) is 24.7. The predicted molar refractivity (Wildman–Crippen MR) is 52.7 cm³/mol. The summed E-state index contributed by atoms with van der Waals surface area (Å²) in [5, 5.41) is 0. The standard InChI is InChI=1S/C10H19NO3/c1-10(2,3)8(11)9(12)14-7-4-5-13-6-7/h7-8H,4-6,11H2,1-3H3. The van der Waals surface area contributed by atoms with Crippen LogP contribution < -0.4 is 5.73 Å². The minimum absolute atomic E-state index is 0.101. The van der Waals surface area contributed by atoms with Crippen LogP contribution in [-0.4, -0.2) is 31.3 Å². The van der Waals surface area contributed by atoms with E-state index in [1.54, 1.807) is 0 Å². The SMILES string of the molecule is CC(C)(C)C(N)C(=O)OC1CCOC1. The van der Waals surface area contributed by atoms with Crippen molar-refractivity contribution in [3.63, 3.8) is 0 Å². The molecule has 1 aliphatic heterocycles. The molecule has 1 aliphatic rings. The number of carbonyl (C=O) groups is 1. The third-order valence-electron chi connectivity index (χ3n) is 2.36. The topological polar surface area (TPSA) is 61.6 Å². The molecule has 0 aromatic carbocycles. The van der Waals surface area contributed by atoms with Crippen molar-refractivity contribution < 1.29 is 14.3 Å². The summed E-state index contributed by atoms with van der Waals surface area (Å²) in [6.45, 7) is 6.93. The summed E-state index contributed by atoms with van der Waals surface area (Å²) in [6, 6.07) is -0.567. The molecule has 1 saturated heterocycles. The van der Waals surface area contributed by atoms with Gasteiger partial charge < -0.3 is 15.2 Å². The number of ether oxygens (including phenoxy) is 2. The lowest BCUT2D eigenvalue weighted by atomic mass is 9.87. The van der Waals surface area contributed by atoms with Gasteiger partial charge in [0.2, 0.25) is 0 Å². The van der Waals surface area contributed by atoms with Crippen molar-refractivity contribution in [2.24, 2.45) is 11.1 Å². The van der Waals surface area contributed by atoms with Gasteiger partial charge in [-0.1, -0.05) is 20.8 Å². The molecule has 4 nitrogen and oxygen atoms in total. The minimum atomic E-state index is -0.567. The van der Waals surface area contributed by atoms with Crippen LogP contribution in [0.3, 0.4) is 0 Å². The summed E-state index contributed by atoms with van der Waals surface area (Å²) >= 11 is 0. The van der Waals surface area contributed by atoms with Crippen LogP contribution in [0.25, 0.3) is 0 Å². The van der Waals surface area contributed by atoms with Crippen molar-refractivity contribution in [3.8, 4) is 0 Å². The van der Waals surface area contributed by atoms with Crippen LogP contribution in [0.15, 0.2) is 0 Å². The number of hydrogen-bond acceptors (Lipinski definition) is 4. The minimum Gasteiger partial charge on any atom is -0.459 e. The van der Waals surface area contributed by atoms with Gasteiger partial charge in [-0.05, 0) is 5.41 Å². The first kappa shape index (κ1) is 11.5. The van der Waals surface area contributed by atoms with Crippen molar-refractivity contribution in [1.82, 2.24) is 0 Å². The summed E-state index contributed by atoms with van der Waals surface area (Å²) in [5.74, 6) is -0.326. The molecule has 4 heteroatoms. The zero-order valence-corrected chi connectivity index (χ0v) is 9.08. The molecular weight excluding hydrogens is 182 g/mol. The zero-order chi connectivity index (χ0) is 10.8. The Labute approximate surface area is 84.7 Å². The average molecular weight is 201 g/mol. The van der Waals surface area contributed by atoms with Gasteiger partial charge >= 0.3 is 5.97 Å². The lowest BCUT2D eigenvalue weighted by molar-refractivity contribution is -0.153. The van der Waals surface area contributed by atoms with Gasteiger partial charge in [-0.2, -0.15) is 0 Å². The van der Waals surface area contributed by atoms with Gasteiger partial charge in [0.15, 0.2) is 0 Å². The van der Waals surface area contributed by atoms with E-state index in [2.05, 4.69) is 0 Å². The van der Waals surface area contributed by atoms with Gasteiger partial charge in [-0.15, -0.1) is 0 Å². The summed E-state index contributed by atoms with van der Waals surface area (Å²) in [5.41, 5.74) is 5.50. The molecule has 0 saturated carbocycles. The van der Waals surface area contributed by atoms with Gasteiger partial charge in [-0.3, -0.25) is 4.79 Å². The Balaban J connectivity index is 2.41. The second-order valence-electron chi connectivity index (χ2n) is 4.77. The maximum atomic E-state index is 11.5. The van der Waals surface area contributed by atoms with Crippen LogP contribution in [0.5, 0.6) is 0 Å². The summed E-state index contributed by atoms with van der Waals surface area (Å²) < 4.78 is 10.3. The van der Waals surface area contributed by atoms with Gasteiger partial charge in [-0.25, -0.2) is 0 Å². The highest BCUT2D eigenvalue weighted by atomic mass is 16.6. The lowest BCUT2D eigenvalue weighted by Crippen LogP contribution is -2.44. The molecule has 0 amide bonds. The van der Waals surface area contributed by atoms with E-state index < -0.39 is 6.04 Å². The average Bonchev–Trinajstić information content (AvgIpc) is 2.53. The van der Waals surface area contributed by atoms with Crippen LogP contribution in [0, 0.1) is 5.41 Å². The zero-order valence-electron chi connectivity index (χ0n) is 9.08. The quantitative estimate of drug-likeness (QED) is 0.668. The maximum absolute atomic E-state index is 11.5. The fourth-order valence-corrected chi connectivity index (χ4v) is 1.20. The van der Waals surface area contributed by atoms with Crippen molar-refractivity contribution in [2.45, 2.75) is 39.3 Å². The molecule has 2 N–H and O–H groups in total. The first-order chi connectivity index (χ1) is 6.41. The molecule has 1 rings (SSSR count). The number of nitrogens with two attached hydrogens (primary N) is 1. The highest BCUT2D eigenvalue weighted by Crippen LogP contribution is 2.19. The Kier molecular flexibility index (Phi) is 3.50. The molecule has 0 aromatic heterocycles. The van der Waals surface area contributed by atoms with Crippen LogP contribution in [0.1, 0.15) is 27.2 Å². The van der Waals surface area contributed by atoms with Crippen molar-refractivity contribution in [3.05, 3.63) is 0 Å². The number of esters is 1. The van der Waals surface area contributed by atoms with Crippen molar-refractivity contribution in [1.29, 1.82) is 0 Å². The molecule has 1 heterocycles. The monoisotopic (exact) mass is 201 g/mol. The number of carbonyl (C=O) groups excluding carboxylic acids is 1. The van der Waals surface area contributed by atoms with E-state index in [-0.39, 0.29) is 17.5 Å². The van der Waals surface area contributed by atoms with E-state index in [0.29, 0.717) is 13.2 Å². The van der Waals surface area contributed by atoms with E-state index >= 15 is 0 Å². The highest BCUT2D eigenvalue weighted by Gasteiger charge is 2.31. The molecular formula is C10H19NO3. The highest BCUT2D eigenvalue weighted by molar-refractivity contribution is 5.76. The Morgan fingerprint density at radius 3 is 2.64 bits per heavy atom. The maximum Gasteiger partial charge on any atom is 0.323 e. The fraction of sp³-hybridized carbons (Fsp3) is 0.900. The largest absolute Gasteiger partial charge is 0.459 e. The van der Waals surface area contributed by atoms with Crippen molar-refractivity contribution in [2.75, 3.05) is 13.2 Å². The molecule has 2 unspecified atom stereocenters. The Morgan fingerprint density at radius 2 is 2.21 bits per heavy atom. The lowest BCUT2D eigenvalue weighted by Gasteiger charge is -2.26. The van der Waals surface area contributed by atoms with E-state index in [0.717, 1.165) is 6.42 Å². The van der Waals surface area contributed by atoms with Gasteiger partial charge in [0.1, 0.15) is 12.1 Å². The molecule has 0 bridgehead atoms. The van der Waals surface area contributed by atoms with Crippen LogP contribution in [0.2, 0.25) is 0 Å². The van der Waals surface area contributed by atoms with E-state index in [1.807, 2.05) is 20.8 Å². The second kappa shape index (κ2) is 4.28.